The molecule has 8 aromatic carbocycles. The molecule has 0 spiro atoms. The van der Waals surface area contributed by atoms with Crippen LogP contribution in [-0.2, 0) is 5.41 Å². The molecule has 0 saturated carbocycles. The minimum atomic E-state index is -0.108. The van der Waals surface area contributed by atoms with Gasteiger partial charge in [-0.1, -0.05) is 135 Å². The average molecular weight is 683 g/mol. The summed E-state index contributed by atoms with van der Waals surface area (Å²) in [7, 11) is 0. The van der Waals surface area contributed by atoms with Crippen molar-refractivity contribution in [1.82, 2.24) is 4.57 Å². The van der Waals surface area contributed by atoms with E-state index in [0.717, 1.165) is 5.69 Å². The van der Waals surface area contributed by atoms with E-state index in [1.54, 1.807) is 0 Å². The molecule has 0 unspecified atom stereocenters. The van der Waals surface area contributed by atoms with E-state index in [2.05, 4.69) is 193 Å². The Balaban J connectivity index is 1.24. The molecule has 2 heterocycles. The zero-order valence-corrected chi connectivity index (χ0v) is 29.8. The topological polar surface area (TPSA) is 8.17 Å². The van der Waals surface area contributed by atoms with Gasteiger partial charge in [0, 0.05) is 48.6 Å². The molecular formula is C49H34N2S. The van der Waals surface area contributed by atoms with Crippen molar-refractivity contribution in [1.29, 1.82) is 0 Å². The van der Waals surface area contributed by atoms with Crippen LogP contribution in [0.25, 0.3) is 69.6 Å². The average Bonchev–Trinajstić information content (AvgIpc) is 3.82. The summed E-state index contributed by atoms with van der Waals surface area (Å²) in [5, 5.41) is 7.68. The SMILES string of the molecule is CC1(C)c2ccccc2-c2c(N(c3ccc4c(c3)c3ccccc3n4-c3ccccc3)c3cccc4c3sc3c5ccccc5ccc43)cccc21. The second-order valence-electron chi connectivity index (χ2n) is 14.5. The molecule has 1 aliphatic carbocycles. The van der Waals surface area contributed by atoms with E-state index in [9.17, 15) is 0 Å². The van der Waals surface area contributed by atoms with Gasteiger partial charge >= 0.3 is 0 Å². The van der Waals surface area contributed by atoms with Gasteiger partial charge in [-0.2, -0.15) is 0 Å². The molecule has 0 amide bonds. The van der Waals surface area contributed by atoms with Crippen molar-refractivity contribution < 1.29 is 0 Å². The number of nitrogens with zero attached hydrogens (tertiary/aromatic N) is 2. The molecule has 0 atom stereocenters. The highest BCUT2D eigenvalue weighted by Gasteiger charge is 2.38. The number of fused-ring (bicyclic) bond motifs is 11. The van der Waals surface area contributed by atoms with Gasteiger partial charge in [0.25, 0.3) is 0 Å². The molecule has 3 heteroatoms. The van der Waals surface area contributed by atoms with E-state index < -0.39 is 0 Å². The normalized spacial score (nSPS) is 13.3. The summed E-state index contributed by atoms with van der Waals surface area (Å²) in [6.07, 6.45) is 0. The summed E-state index contributed by atoms with van der Waals surface area (Å²) in [5.74, 6) is 0. The van der Waals surface area contributed by atoms with E-state index in [1.165, 1.54) is 92.1 Å². The third kappa shape index (κ3) is 4.06. The Bertz CT molecular complexity index is 3050. The minimum absolute atomic E-state index is 0.108. The highest BCUT2D eigenvalue weighted by Crippen LogP contribution is 2.55. The van der Waals surface area contributed by atoms with Crippen LogP contribution in [0.3, 0.4) is 0 Å². The monoisotopic (exact) mass is 682 g/mol. The van der Waals surface area contributed by atoms with E-state index in [4.69, 9.17) is 0 Å². The molecule has 1 aliphatic rings. The first kappa shape index (κ1) is 29.6. The molecular weight excluding hydrogens is 649 g/mol. The standard InChI is InChI=1S/C49H34N2S/c1-49(2)40-21-10-8-19-38(40)46-41(49)22-13-24-44(46)51(45-25-12-20-36-37-28-26-31-14-6-7-17-34(31)47(37)52-48(36)45)33-27-29-43-39(30-33)35-18-9-11-23-42(35)50(43)32-15-4-3-5-16-32/h3-30H,1-2H3. The number of rotatable bonds is 4. The second-order valence-corrected chi connectivity index (χ2v) is 15.5. The first-order chi connectivity index (χ1) is 25.6. The Morgan fingerprint density at radius 1 is 0.481 bits per heavy atom. The molecule has 0 aliphatic heterocycles. The van der Waals surface area contributed by atoms with Crippen molar-refractivity contribution in [3.63, 3.8) is 0 Å². The number of thiophene rings is 1. The first-order valence-electron chi connectivity index (χ1n) is 18.0. The molecule has 10 aromatic rings. The lowest BCUT2D eigenvalue weighted by Gasteiger charge is -2.29. The smallest absolute Gasteiger partial charge is 0.0640 e. The quantitative estimate of drug-likeness (QED) is 0.179. The predicted molar refractivity (Wildman–Crippen MR) is 223 cm³/mol. The van der Waals surface area contributed by atoms with E-state index in [-0.39, 0.29) is 5.41 Å². The van der Waals surface area contributed by atoms with Gasteiger partial charge in [-0.25, -0.2) is 0 Å². The Morgan fingerprint density at radius 3 is 2.06 bits per heavy atom. The lowest BCUT2D eigenvalue weighted by Crippen LogP contribution is -2.16. The third-order valence-electron chi connectivity index (χ3n) is 11.4. The summed E-state index contributed by atoms with van der Waals surface area (Å²) in [6.45, 7) is 4.74. The number of hydrogen-bond donors (Lipinski definition) is 0. The maximum atomic E-state index is 2.55. The lowest BCUT2D eigenvalue weighted by molar-refractivity contribution is 0.660. The number of hydrogen-bond acceptors (Lipinski definition) is 2. The lowest BCUT2D eigenvalue weighted by atomic mass is 9.82. The van der Waals surface area contributed by atoms with Gasteiger partial charge in [0.1, 0.15) is 0 Å². The third-order valence-corrected chi connectivity index (χ3v) is 12.6. The van der Waals surface area contributed by atoms with Crippen molar-refractivity contribution in [2.24, 2.45) is 0 Å². The van der Waals surface area contributed by atoms with Crippen LogP contribution in [0.15, 0.2) is 170 Å². The molecule has 52 heavy (non-hydrogen) atoms. The molecule has 0 N–H and O–H groups in total. The molecule has 0 saturated heterocycles. The fraction of sp³-hybridized carbons (Fsp3) is 0.0612. The zero-order valence-electron chi connectivity index (χ0n) is 29.0. The van der Waals surface area contributed by atoms with Crippen LogP contribution in [0.1, 0.15) is 25.0 Å². The summed E-state index contributed by atoms with van der Waals surface area (Å²) < 4.78 is 5.03. The Kier molecular flexibility index (Phi) is 6.21. The van der Waals surface area contributed by atoms with Crippen LogP contribution in [-0.4, -0.2) is 4.57 Å². The summed E-state index contributed by atoms with van der Waals surface area (Å²) in [4.78, 5) is 2.55. The molecule has 2 aromatic heterocycles. The van der Waals surface area contributed by atoms with Crippen molar-refractivity contribution >= 4 is 81.1 Å². The molecule has 0 fully saturated rings. The Hall–Kier alpha value is -6.16. The predicted octanol–water partition coefficient (Wildman–Crippen LogP) is 14.1. The highest BCUT2D eigenvalue weighted by molar-refractivity contribution is 7.27. The fourth-order valence-corrected chi connectivity index (χ4v) is 10.3. The van der Waals surface area contributed by atoms with Crippen LogP contribution < -0.4 is 4.90 Å². The molecule has 246 valence electrons. The van der Waals surface area contributed by atoms with Crippen molar-refractivity contribution in [3.05, 3.63) is 181 Å². The summed E-state index contributed by atoms with van der Waals surface area (Å²) in [6, 6.07) is 62.8. The number of para-hydroxylation sites is 2. The van der Waals surface area contributed by atoms with Crippen LogP contribution in [0.2, 0.25) is 0 Å². The maximum absolute atomic E-state index is 2.55. The van der Waals surface area contributed by atoms with Crippen LogP contribution in [0.4, 0.5) is 17.1 Å². The van der Waals surface area contributed by atoms with E-state index in [1.807, 2.05) is 11.3 Å². The first-order valence-corrected chi connectivity index (χ1v) is 18.8. The van der Waals surface area contributed by atoms with Gasteiger partial charge in [-0.05, 0) is 76.0 Å². The van der Waals surface area contributed by atoms with Crippen LogP contribution in [0.5, 0.6) is 0 Å². The minimum Gasteiger partial charge on any atom is -0.309 e. The summed E-state index contributed by atoms with van der Waals surface area (Å²) >= 11 is 1.92. The largest absolute Gasteiger partial charge is 0.309 e. The van der Waals surface area contributed by atoms with Gasteiger partial charge in [-0.15, -0.1) is 11.3 Å². The molecule has 0 radical (unpaired) electrons. The van der Waals surface area contributed by atoms with Crippen LogP contribution >= 0.6 is 11.3 Å². The maximum Gasteiger partial charge on any atom is 0.0640 e. The Labute approximate surface area is 306 Å². The van der Waals surface area contributed by atoms with Gasteiger partial charge in [0.2, 0.25) is 0 Å². The van der Waals surface area contributed by atoms with Gasteiger partial charge in [-0.3, -0.25) is 0 Å². The van der Waals surface area contributed by atoms with Crippen molar-refractivity contribution in [2.45, 2.75) is 19.3 Å². The molecule has 2 nitrogen and oxygen atoms in total. The molecule has 0 bridgehead atoms. The fourth-order valence-electron chi connectivity index (χ4n) is 8.97. The van der Waals surface area contributed by atoms with Gasteiger partial charge < -0.3 is 9.47 Å². The number of anilines is 3. The van der Waals surface area contributed by atoms with E-state index >= 15 is 0 Å². The van der Waals surface area contributed by atoms with Crippen molar-refractivity contribution in [3.8, 4) is 16.8 Å². The zero-order chi connectivity index (χ0) is 34.6. The Morgan fingerprint density at radius 2 is 1.15 bits per heavy atom. The summed E-state index contributed by atoms with van der Waals surface area (Å²) in [5.41, 5.74) is 12.4. The highest BCUT2D eigenvalue weighted by atomic mass is 32.1. The second kappa shape index (κ2) is 10.9. The molecule has 11 rings (SSSR count). The number of benzene rings is 8. The van der Waals surface area contributed by atoms with E-state index in [0.29, 0.717) is 0 Å². The van der Waals surface area contributed by atoms with Gasteiger partial charge in [0.15, 0.2) is 0 Å². The van der Waals surface area contributed by atoms with Crippen molar-refractivity contribution in [2.75, 3.05) is 4.90 Å². The van der Waals surface area contributed by atoms with Crippen LogP contribution in [0, 0.1) is 0 Å². The van der Waals surface area contributed by atoms with Gasteiger partial charge in [0.05, 0.1) is 27.1 Å². The number of aromatic nitrogens is 1.